The van der Waals surface area contributed by atoms with Gasteiger partial charge in [-0.2, -0.15) is 9.57 Å². The summed E-state index contributed by atoms with van der Waals surface area (Å²) in [4.78, 5) is 24.9. The molecule has 0 radical (unpaired) electrons. The van der Waals surface area contributed by atoms with E-state index in [1.807, 2.05) is 6.07 Å². The molecule has 2 aromatic carbocycles. The van der Waals surface area contributed by atoms with Gasteiger partial charge in [-0.15, -0.1) is 0 Å². The number of benzene rings is 2. The van der Waals surface area contributed by atoms with E-state index in [1.165, 1.54) is 36.5 Å². The standard InChI is InChI=1S/C22H23N3O7S/c1-15(21(26)24-18-6-4-3-5-17(18)14-23)32-22(27)16-7-8-19(30-2)20(13-16)33(28,29)25-9-11-31-12-10-25/h3-8,13,15H,9-12H2,1-2H3,(H,24,26). The molecule has 0 aliphatic carbocycles. The maximum atomic E-state index is 13.1. The zero-order chi connectivity index (χ0) is 24.0. The lowest BCUT2D eigenvalue weighted by atomic mass is 10.2. The van der Waals surface area contributed by atoms with Gasteiger partial charge in [0.25, 0.3) is 5.91 Å². The number of carbonyl (C=O) groups is 2. The molecule has 11 heteroatoms. The summed E-state index contributed by atoms with van der Waals surface area (Å²) in [6.07, 6.45) is -1.20. The molecule has 174 valence electrons. The molecule has 3 rings (SSSR count). The van der Waals surface area contributed by atoms with Gasteiger partial charge in [-0.25, -0.2) is 13.2 Å². The quantitative estimate of drug-likeness (QED) is 0.601. The van der Waals surface area contributed by atoms with Crippen LogP contribution in [0, 0.1) is 11.3 Å². The van der Waals surface area contributed by atoms with Crippen LogP contribution in [0.5, 0.6) is 5.75 Å². The zero-order valence-electron chi connectivity index (χ0n) is 18.1. The number of hydrogen-bond acceptors (Lipinski definition) is 8. The number of sulfonamides is 1. The van der Waals surface area contributed by atoms with E-state index in [0.29, 0.717) is 0 Å². The third-order valence-electron chi connectivity index (χ3n) is 4.95. The van der Waals surface area contributed by atoms with Crippen LogP contribution in [0.3, 0.4) is 0 Å². The third kappa shape index (κ3) is 5.48. The number of nitriles is 1. The minimum atomic E-state index is -3.94. The van der Waals surface area contributed by atoms with Crippen LogP contribution in [0.15, 0.2) is 47.4 Å². The third-order valence-corrected chi connectivity index (χ3v) is 6.87. The topological polar surface area (TPSA) is 135 Å². The molecule has 0 bridgehead atoms. The molecule has 1 saturated heterocycles. The lowest BCUT2D eigenvalue weighted by Crippen LogP contribution is -2.40. The Morgan fingerprint density at radius 1 is 1.18 bits per heavy atom. The van der Waals surface area contributed by atoms with Gasteiger partial charge >= 0.3 is 5.97 Å². The highest BCUT2D eigenvalue weighted by molar-refractivity contribution is 7.89. The summed E-state index contributed by atoms with van der Waals surface area (Å²) in [7, 11) is -2.61. The van der Waals surface area contributed by atoms with Crippen molar-refractivity contribution >= 4 is 27.6 Å². The summed E-state index contributed by atoms with van der Waals surface area (Å²) in [6.45, 7) is 2.27. The number of carbonyl (C=O) groups excluding carboxylic acids is 2. The Bertz CT molecular complexity index is 1180. The van der Waals surface area contributed by atoms with E-state index in [0.717, 1.165) is 0 Å². The average molecular weight is 474 g/mol. The zero-order valence-corrected chi connectivity index (χ0v) is 18.9. The normalized spacial score (nSPS) is 15.2. The van der Waals surface area contributed by atoms with Crippen molar-refractivity contribution in [1.29, 1.82) is 5.26 Å². The average Bonchev–Trinajstić information content (AvgIpc) is 2.84. The van der Waals surface area contributed by atoms with Crippen molar-refractivity contribution in [3.05, 3.63) is 53.6 Å². The molecular formula is C22H23N3O7S. The molecule has 0 saturated carbocycles. The number of nitrogens with one attached hydrogen (secondary N) is 1. The molecule has 1 N–H and O–H groups in total. The number of nitrogens with zero attached hydrogens (tertiary/aromatic N) is 2. The van der Waals surface area contributed by atoms with Crippen molar-refractivity contribution in [3.8, 4) is 11.8 Å². The van der Waals surface area contributed by atoms with Crippen molar-refractivity contribution in [2.45, 2.75) is 17.9 Å². The van der Waals surface area contributed by atoms with Gasteiger partial charge in [-0.05, 0) is 37.3 Å². The predicted molar refractivity (Wildman–Crippen MR) is 117 cm³/mol. The fourth-order valence-electron chi connectivity index (χ4n) is 3.14. The maximum absolute atomic E-state index is 13.1. The summed E-state index contributed by atoms with van der Waals surface area (Å²) in [5.41, 5.74) is 0.494. The number of anilines is 1. The first-order valence-corrected chi connectivity index (χ1v) is 11.5. The Kier molecular flexibility index (Phi) is 7.65. The maximum Gasteiger partial charge on any atom is 0.338 e. The Morgan fingerprint density at radius 3 is 2.55 bits per heavy atom. The van der Waals surface area contributed by atoms with Crippen molar-refractivity contribution in [2.24, 2.45) is 0 Å². The molecule has 1 atom stereocenters. The van der Waals surface area contributed by atoms with E-state index in [9.17, 15) is 18.0 Å². The van der Waals surface area contributed by atoms with Gasteiger partial charge in [-0.3, -0.25) is 4.79 Å². The van der Waals surface area contributed by atoms with Crippen LogP contribution in [0.4, 0.5) is 5.69 Å². The first-order valence-electron chi connectivity index (χ1n) is 10.0. The van der Waals surface area contributed by atoms with E-state index < -0.39 is 28.0 Å². The minimum Gasteiger partial charge on any atom is -0.495 e. The number of ether oxygens (including phenoxy) is 3. The van der Waals surface area contributed by atoms with Gasteiger partial charge in [0, 0.05) is 13.1 Å². The molecule has 1 aliphatic rings. The molecule has 1 fully saturated rings. The van der Waals surface area contributed by atoms with Crippen molar-refractivity contribution < 1.29 is 32.2 Å². The number of rotatable bonds is 7. The highest BCUT2D eigenvalue weighted by atomic mass is 32.2. The first-order chi connectivity index (χ1) is 15.8. The largest absolute Gasteiger partial charge is 0.495 e. The lowest BCUT2D eigenvalue weighted by molar-refractivity contribution is -0.123. The Balaban J connectivity index is 1.77. The van der Waals surface area contributed by atoms with Crippen LogP contribution >= 0.6 is 0 Å². The summed E-state index contributed by atoms with van der Waals surface area (Å²) in [5, 5.41) is 11.7. The van der Waals surface area contributed by atoms with Crippen LogP contribution in [0.25, 0.3) is 0 Å². The van der Waals surface area contributed by atoms with Gasteiger partial charge < -0.3 is 19.5 Å². The molecular weight excluding hydrogens is 450 g/mol. The fourth-order valence-corrected chi connectivity index (χ4v) is 4.73. The molecule has 2 aromatic rings. The first kappa shape index (κ1) is 24.2. The lowest BCUT2D eigenvalue weighted by Gasteiger charge is -2.26. The second kappa shape index (κ2) is 10.4. The number of methoxy groups -OCH3 is 1. The second-order valence-electron chi connectivity index (χ2n) is 7.08. The minimum absolute atomic E-state index is 0.0558. The van der Waals surface area contributed by atoms with Crippen molar-refractivity contribution in [1.82, 2.24) is 4.31 Å². The van der Waals surface area contributed by atoms with Crippen molar-refractivity contribution in [3.63, 3.8) is 0 Å². The number of para-hydroxylation sites is 1. The number of amides is 1. The molecule has 0 spiro atoms. The fraction of sp³-hybridized carbons (Fsp3) is 0.318. The summed E-state index contributed by atoms with van der Waals surface area (Å²) in [6, 6.07) is 12.2. The van der Waals surface area contributed by atoms with Gasteiger partial charge in [0.2, 0.25) is 10.0 Å². The SMILES string of the molecule is COc1ccc(C(=O)OC(C)C(=O)Nc2ccccc2C#N)cc1S(=O)(=O)N1CCOCC1. The van der Waals surface area contributed by atoms with Gasteiger partial charge in [-0.1, -0.05) is 12.1 Å². The summed E-state index contributed by atoms with van der Waals surface area (Å²) < 4.78 is 43.0. The Morgan fingerprint density at radius 2 is 1.88 bits per heavy atom. The molecule has 1 aliphatic heterocycles. The molecule has 10 nitrogen and oxygen atoms in total. The van der Waals surface area contributed by atoms with E-state index >= 15 is 0 Å². The molecule has 0 aromatic heterocycles. The van der Waals surface area contributed by atoms with Gasteiger partial charge in [0.05, 0.1) is 37.1 Å². The summed E-state index contributed by atoms with van der Waals surface area (Å²) in [5.74, 6) is -1.44. The Labute approximate surface area is 191 Å². The molecule has 1 amide bonds. The van der Waals surface area contributed by atoms with Gasteiger partial charge in [0.15, 0.2) is 6.10 Å². The van der Waals surface area contributed by atoms with Crippen LogP contribution in [-0.4, -0.2) is 64.1 Å². The summed E-state index contributed by atoms with van der Waals surface area (Å²) >= 11 is 0. The van der Waals surface area contributed by atoms with Crippen LogP contribution in [0.2, 0.25) is 0 Å². The van der Waals surface area contributed by atoms with Crippen LogP contribution < -0.4 is 10.1 Å². The van der Waals surface area contributed by atoms with E-state index in [4.69, 9.17) is 19.5 Å². The van der Waals surface area contributed by atoms with Crippen LogP contribution in [0.1, 0.15) is 22.8 Å². The molecule has 33 heavy (non-hydrogen) atoms. The highest BCUT2D eigenvalue weighted by Crippen LogP contribution is 2.29. The van der Waals surface area contributed by atoms with Crippen LogP contribution in [-0.2, 0) is 24.3 Å². The van der Waals surface area contributed by atoms with E-state index in [2.05, 4.69) is 5.32 Å². The number of hydrogen-bond donors (Lipinski definition) is 1. The smallest absolute Gasteiger partial charge is 0.338 e. The van der Waals surface area contributed by atoms with Gasteiger partial charge in [0.1, 0.15) is 16.7 Å². The Hall–Kier alpha value is -3.46. The number of morpholine rings is 1. The molecule has 1 unspecified atom stereocenters. The second-order valence-corrected chi connectivity index (χ2v) is 8.98. The monoisotopic (exact) mass is 473 g/mol. The number of esters is 1. The van der Waals surface area contributed by atoms with E-state index in [1.54, 1.807) is 24.3 Å². The van der Waals surface area contributed by atoms with Crippen molar-refractivity contribution in [2.75, 3.05) is 38.7 Å². The predicted octanol–water partition coefficient (Wildman–Crippen LogP) is 1.77. The van der Waals surface area contributed by atoms with E-state index in [-0.39, 0.29) is 53.8 Å². The highest BCUT2D eigenvalue weighted by Gasteiger charge is 2.30. The molecule has 1 heterocycles.